The average molecular weight is 681 g/mol. The molecule has 0 saturated heterocycles. The zero-order valence-corrected chi connectivity index (χ0v) is 27.6. The third kappa shape index (κ3) is 6.50. The molecule has 2 heterocycles. The summed E-state index contributed by atoms with van der Waals surface area (Å²) < 4.78 is 37.7. The van der Waals surface area contributed by atoms with Gasteiger partial charge < -0.3 is 19.8 Å². The third-order valence-corrected chi connectivity index (χ3v) is 10.0. The highest BCUT2D eigenvalue weighted by atomic mass is 32.2. The van der Waals surface area contributed by atoms with Crippen LogP contribution in [0.3, 0.4) is 0 Å². The minimum atomic E-state index is -4.42. The van der Waals surface area contributed by atoms with Crippen LogP contribution < -0.4 is 18.4 Å². The Bertz CT molecular complexity index is 2210. The predicted molar refractivity (Wildman–Crippen MR) is 183 cm³/mol. The number of carbonyl (C=O) groups is 2. The number of amides is 1. The van der Waals surface area contributed by atoms with Gasteiger partial charge in [-0.05, 0) is 73.4 Å². The van der Waals surface area contributed by atoms with Gasteiger partial charge in [0.2, 0.25) is 22.8 Å². The molecule has 2 aromatic heterocycles. The van der Waals surface area contributed by atoms with E-state index in [-0.39, 0.29) is 22.6 Å². The maximum absolute atomic E-state index is 14.7. The number of aryl methyl sites for hydroxylation is 2. The second kappa shape index (κ2) is 13.7. The highest BCUT2D eigenvalue weighted by Gasteiger charge is 2.35. The molecule has 6 aromatic rings. The number of rotatable bonds is 11. The van der Waals surface area contributed by atoms with Crippen LogP contribution >= 0.6 is 0 Å². The normalized spacial score (nSPS) is 11.5. The van der Waals surface area contributed by atoms with Crippen molar-refractivity contribution in [3.8, 4) is 17.5 Å². The number of anilines is 1. The van der Waals surface area contributed by atoms with Gasteiger partial charge in [0, 0.05) is 30.7 Å². The number of benzene rings is 4. The summed E-state index contributed by atoms with van der Waals surface area (Å²) in [5.74, 6) is -1.61. The summed E-state index contributed by atoms with van der Waals surface area (Å²) in [5, 5.41) is 20.5. The first-order valence-electron chi connectivity index (χ1n) is 15.5. The Kier molecular flexibility index (Phi) is 9.23. The molecule has 12 heteroatoms. The van der Waals surface area contributed by atoms with Gasteiger partial charge in [0.05, 0.1) is 34.0 Å². The lowest BCUT2D eigenvalue weighted by molar-refractivity contribution is -0.617. The Hall–Kier alpha value is -5.88. The van der Waals surface area contributed by atoms with Crippen LogP contribution in [-0.4, -0.2) is 42.3 Å². The van der Waals surface area contributed by atoms with Crippen molar-refractivity contribution in [2.75, 3.05) is 11.4 Å². The van der Waals surface area contributed by atoms with Crippen LogP contribution in [0.2, 0.25) is 0 Å². The van der Waals surface area contributed by atoms with Gasteiger partial charge >= 0.3 is 5.97 Å². The summed E-state index contributed by atoms with van der Waals surface area (Å²) in [4.78, 5) is 31.8. The summed E-state index contributed by atoms with van der Waals surface area (Å²) in [5.41, 5.74) is 2.80. The predicted octanol–water partition coefficient (Wildman–Crippen LogP) is 5.44. The highest BCUT2D eigenvalue weighted by Crippen LogP contribution is 2.32. The lowest BCUT2D eigenvalue weighted by Gasteiger charge is -2.24. The van der Waals surface area contributed by atoms with Gasteiger partial charge in [-0.1, -0.05) is 36.4 Å². The van der Waals surface area contributed by atoms with Crippen molar-refractivity contribution in [2.45, 2.75) is 30.6 Å². The lowest BCUT2D eigenvalue weighted by atomic mass is 10.0. The van der Waals surface area contributed by atoms with Gasteiger partial charge in [-0.25, -0.2) is 13.2 Å². The van der Waals surface area contributed by atoms with Crippen molar-refractivity contribution in [2.24, 2.45) is 7.05 Å². The SMILES string of the molecule is COc1ccc(N(C(=O)c2c3ccccc3[n+](C)c3ccccc23)S(=O)(=O)c2ccc(CCCCC(=O)On3c(O)ccc3O)cc2)cc1. The summed E-state index contributed by atoms with van der Waals surface area (Å²) in [6.07, 6.45) is 1.64. The average Bonchev–Trinajstić information content (AvgIpc) is 3.43. The molecule has 0 bridgehead atoms. The first-order chi connectivity index (χ1) is 23.6. The molecular weight excluding hydrogens is 646 g/mol. The number of aromatic nitrogens is 2. The Morgan fingerprint density at radius 3 is 1.92 bits per heavy atom. The molecule has 250 valence electrons. The first-order valence-corrected chi connectivity index (χ1v) is 17.0. The van der Waals surface area contributed by atoms with Gasteiger partial charge in [-0.2, -0.15) is 8.87 Å². The monoisotopic (exact) mass is 680 g/mol. The van der Waals surface area contributed by atoms with Gasteiger partial charge in [0.25, 0.3) is 15.9 Å². The molecule has 0 radical (unpaired) electrons. The largest absolute Gasteiger partial charge is 0.497 e. The fraction of sp³-hybridized carbons (Fsp3) is 0.162. The van der Waals surface area contributed by atoms with Crippen LogP contribution in [0.4, 0.5) is 5.69 Å². The van der Waals surface area contributed by atoms with E-state index in [4.69, 9.17) is 9.57 Å². The molecule has 0 fully saturated rings. The number of pyridine rings is 1. The fourth-order valence-corrected chi connectivity index (χ4v) is 7.22. The Balaban J connectivity index is 1.28. The quantitative estimate of drug-likeness (QED) is 0.105. The number of carbonyl (C=O) groups excluding carboxylic acids is 2. The van der Waals surface area contributed by atoms with E-state index in [0.717, 1.165) is 20.9 Å². The van der Waals surface area contributed by atoms with Crippen molar-refractivity contribution in [3.05, 3.63) is 120 Å². The third-order valence-electron chi connectivity index (χ3n) is 8.32. The summed E-state index contributed by atoms with van der Waals surface area (Å²) in [6, 6.07) is 29.8. The number of aromatic hydroxyl groups is 2. The van der Waals surface area contributed by atoms with Gasteiger partial charge in [-0.15, -0.1) is 4.73 Å². The van der Waals surface area contributed by atoms with Crippen molar-refractivity contribution >= 4 is 49.4 Å². The Labute approximate surface area is 282 Å². The molecule has 0 aliphatic heterocycles. The zero-order chi connectivity index (χ0) is 34.7. The molecule has 4 aromatic carbocycles. The number of para-hydroxylation sites is 2. The molecule has 0 aliphatic rings. The van der Waals surface area contributed by atoms with Gasteiger partial charge in [-0.3, -0.25) is 4.79 Å². The number of methoxy groups -OCH3 is 1. The minimum Gasteiger partial charge on any atom is -0.497 e. The van der Waals surface area contributed by atoms with E-state index in [1.807, 2.05) is 60.1 Å². The zero-order valence-electron chi connectivity index (χ0n) is 26.8. The van der Waals surface area contributed by atoms with Crippen LogP contribution in [0.1, 0.15) is 35.2 Å². The minimum absolute atomic E-state index is 0.0450. The van der Waals surface area contributed by atoms with Crippen molar-refractivity contribution < 1.29 is 42.4 Å². The molecular formula is C37H34N3O8S+. The van der Waals surface area contributed by atoms with E-state index >= 15 is 0 Å². The van der Waals surface area contributed by atoms with Gasteiger partial charge in [0.1, 0.15) is 12.8 Å². The molecule has 11 nitrogen and oxygen atoms in total. The van der Waals surface area contributed by atoms with Crippen LogP contribution in [-0.2, 0) is 28.3 Å². The number of unbranched alkanes of at least 4 members (excludes halogenated alkanes) is 1. The fourth-order valence-electron chi connectivity index (χ4n) is 5.82. The molecule has 2 N–H and O–H groups in total. The van der Waals surface area contributed by atoms with Crippen LogP contribution in [0.25, 0.3) is 21.8 Å². The number of fused-ring (bicyclic) bond motifs is 2. The Morgan fingerprint density at radius 1 is 0.776 bits per heavy atom. The van der Waals surface area contributed by atoms with Gasteiger partial charge in [0.15, 0.2) is 0 Å². The van der Waals surface area contributed by atoms with Crippen LogP contribution in [0.5, 0.6) is 17.5 Å². The molecule has 0 unspecified atom stereocenters. The molecule has 0 aliphatic carbocycles. The number of nitrogens with zero attached hydrogens (tertiary/aromatic N) is 3. The second-order valence-corrected chi connectivity index (χ2v) is 13.2. The summed E-state index contributed by atoms with van der Waals surface area (Å²) in [7, 11) is -1.01. The number of hydrogen-bond donors (Lipinski definition) is 2. The standard InChI is InChI=1S/C37H33N3O8S/c1-38-31-12-6-4-10-29(31)36(30-11-5-7-13-32(30)38)37(44)40(26-17-19-27(47-2)20-18-26)49(45,46)28-21-15-25(16-22-28)9-3-8-14-35(43)48-39-33(41)23-24-34(39)42/h4-7,10-13,15-24,44H,3,8-9,14H2,1-2H3/p+1. The van der Waals surface area contributed by atoms with E-state index in [1.54, 1.807) is 36.4 Å². The van der Waals surface area contributed by atoms with Crippen LogP contribution in [0.15, 0.2) is 114 Å². The van der Waals surface area contributed by atoms with E-state index < -0.39 is 33.7 Å². The van der Waals surface area contributed by atoms with Crippen molar-refractivity contribution in [3.63, 3.8) is 0 Å². The van der Waals surface area contributed by atoms with E-state index in [9.17, 15) is 28.2 Å². The maximum atomic E-state index is 14.7. The Morgan fingerprint density at radius 2 is 1.35 bits per heavy atom. The van der Waals surface area contributed by atoms with Crippen molar-refractivity contribution in [1.29, 1.82) is 0 Å². The second-order valence-electron chi connectivity index (χ2n) is 11.4. The molecule has 0 saturated carbocycles. The number of ether oxygens (including phenoxy) is 1. The molecule has 0 atom stereocenters. The van der Waals surface area contributed by atoms with E-state index in [0.29, 0.717) is 40.5 Å². The van der Waals surface area contributed by atoms with Crippen molar-refractivity contribution in [1.82, 2.24) is 4.73 Å². The van der Waals surface area contributed by atoms with E-state index in [2.05, 4.69) is 0 Å². The van der Waals surface area contributed by atoms with Crippen LogP contribution in [0, 0.1) is 0 Å². The highest BCUT2D eigenvalue weighted by molar-refractivity contribution is 7.93. The van der Waals surface area contributed by atoms with E-state index in [1.165, 1.54) is 31.4 Å². The number of hydrogen-bond acceptors (Lipinski definition) is 8. The molecule has 1 amide bonds. The summed E-state index contributed by atoms with van der Waals surface area (Å²) >= 11 is 0. The molecule has 49 heavy (non-hydrogen) atoms. The molecule has 0 spiro atoms. The summed E-state index contributed by atoms with van der Waals surface area (Å²) in [6.45, 7) is 0. The first kappa shape index (κ1) is 33.0. The lowest BCUT2D eigenvalue weighted by Crippen LogP contribution is -2.38. The molecule has 6 rings (SSSR count). The number of sulfonamides is 1. The maximum Gasteiger partial charge on any atom is 0.333 e. The smallest absolute Gasteiger partial charge is 0.333 e. The topological polar surface area (TPSA) is 139 Å².